The van der Waals surface area contributed by atoms with Gasteiger partial charge >= 0.3 is 0 Å². The minimum absolute atomic E-state index is 0.126. The van der Waals surface area contributed by atoms with Crippen LogP contribution < -0.4 is 0 Å². The zero-order chi connectivity index (χ0) is 34.8. The molecule has 3 heterocycles. The summed E-state index contributed by atoms with van der Waals surface area (Å²) in [4.78, 5) is 8.99. The monoisotopic (exact) mass is 665 g/mol. The van der Waals surface area contributed by atoms with E-state index in [4.69, 9.17) is 4.98 Å². The molecule has 0 N–H and O–H groups in total. The van der Waals surface area contributed by atoms with Crippen molar-refractivity contribution in [3.05, 3.63) is 187 Å². The molecule has 9 aromatic rings. The Kier molecular flexibility index (Phi) is 6.84. The molecule has 0 amide bonds. The lowest BCUT2D eigenvalue weighted by atomic mass is 9.81. The first-order valence-electron chi connectivity index (χ1n) is 17.9. The van der Waals surface area contributed by atoms with Crippen LogP contribution in [0.2, 0.25) is 0 Å². The van der Waals surface area contributed by atoms with Gasteiger partial charge in [0.2, 0.25) is 0 Å². The SMILES string of the molecule is CC1(C)c2cc(-c3ccc(-c4ccc(-c5cccnc5)cn4)cc3)ccc2-c2ccc(-c3ccc(-n4c5ccccc5c5ccccc54)cc3)cc21. The highest BCUT2D eigenvalue weighted by Gasteiger charge is 2.36. The van der Waals surface area contributed by atoms with E-state index in [9.17, 15) is 0 Å². The number of para-hydroxylation sites is 2. The number of pyridine rings is 2. The fraction of sp³-hybridized carbons (Fsp3) is 0.0612. The van der Waals surface area contributed by atoms with Gasteiger partial charge in [-0.05, 0) is 93.0 Å². The fourth-order valence-corrected chi connectivity index (χ4v) is 8.20. The number of hydrogen-bond acceptors (Lipinski definition) is 2. The third-order valence-corrected chi connectivity index (χ3v) is 11.0. The number of fused-ring (bicyclic) bond motifs is 6. The zero-order valence-corrected chi connectivity index (χ0v) is 29.1. The van der Waals surface area contributed by atoms with Crippen molar-refractivity contribution < 1.29 is 0 Å². The summed E-state index contributed by atoms with van der Waals surface area (Å²) in [5.74, 6) is 0. The number of aromatic nitrogens is 3. The molecule has 3 aromatic heterocycles. The quantitative estimate of drug-likeness (QED) is 0.183. The minimum Gasteiger partial charge on any atom is -0.309 e. The van der Waals surface area contributed by atoms with E-state index >= 15 is 0 Å². The molecule has 52 heavy (non-hydrogen) atoms. The first kappa shape index (κ1) is 30.3. The Morgan fingerprint density at radius 3 is 1.52 bits per heavy atom. The molecule has 1 aliphatic carbocycles. The Bertz CT molecular complexity index is 2720. The second kappa shape index (κ2) is 11.8. The number of nitrogens with zero attached hydrogens (tertiary/aromatic N) is 3. The molecule has 0 bridgehead atoms. The van der Waals surface area contributed by atoms with Gasteiger partial charge in [0.05, 0.1) is 16.7 Å². The first-order valence-corrected chi connectivity index (χ1v) is 17.9. The van der Waals surface area contributed by atoms with E-state index in [2.05, 4.69) is 175 Å². The summed E-state index contributed by atoms with van der Waals surface area (Å²) in [6, 6.07) is 57.4. The lowest BCUT2D eigenvalue weighted by molar-refractivity contribution is 0.661. The van der Waals surface area contributed by atoms with Gasteiger partial charge < -0.3 is 4.57 Å². The van der Waals surface area contributed by atoms with E-state index in [0.29, 0.717) is 0 Å². The molecule has 0 saturated heterocycles. The van der Waals surface area contributed by atoms with E-state index in [0.717, 1.165) is 22.4 Å². The molecule has 0 fully saturated rings. The molecular formula is C49H35N3. The molecule has 1 aliphatic rings. The van der Waals surface area contributed by atoms with Crippen LogP contribution in [0.25, 0.3) is 83.3 Å². The van der Waals surface area contributed by atoms with Crippen LogP contribution in [0, 0.1) is 0 Å². The van der Waals surface area contributed by atoms with Crippen molar-refractivity contribution in [1.82, 2.24) is 14.5 Å². The molecular weight excluding hydrogens is 631 g/mol. The molecule has 0 atom stereocenters. The molecule has 246 valence electrons. The molecule has 0 unspecified atom stereocenters. The largest absolute Gasteiger partial charge is 0.309 e. The molecule has 3 nitrogen and oxygen atoms in total. The van der Waals surface area contributed by atoms with Crippen LogP contribution in [-0.2, 0) is 5.41 Å². The molecule has 0 aliphatic heterocycles. The third kappa shape index (κ3) is 4.81. The third-order valence-electron chi connectivity index (χ3n) is 11.0. The van der Waals surface area contributed by atoms with Crippen molar-refractivity contribution in [2.75, 3.05) is 0 Å². The Morgan fingerprint density at radius 1 is 0.442 bits per heavy atom. The fourth-order valence-electron chi connectivity index (χ4n) is 8.20. The van der Waals surface area contributed by atoms with Gasteiger partial charge in [0.25, 0.3) is 0 Å². The number of rotatable bonds is 5. The van der Waals surface area contributed by atoms with Crippen LogP contribution in [-0.4, -0.2) is 14.5 Å². The van der Waals surface area contributed by atoms with Gasteiger partial charge in [0.1, 0.15) is 0 Å². The van der Waals surface area contributed by atoms with Crippen LogP contribution in [0.5, 0.6) is 0 Å². The Morgan fingerprint density at radius 2 is 0.962 bits per heavy atom. The Hall–Kier alpha value is -6.58. The van der Waals surface area contributed by atoms with E-state index in [-0.39, 0.29) is 5.41 Å². The summed E-state index contributed by atoms with van der Waals surface area (Å²) >= 11 is 0. The van der Waals surface area contributed by atoms with E-state index in [1.807, 2.05) is 18.5 Å². The van der Waals surface area contributed by atoms with Gasteiger partial charge in [0.15, 0.2) is 0 Å². The summed E-state index contributed by atoms with van der Waals surface area (Å²) in [6.07, 6.45) is 5.58. The van der Waals surface area contributed by atoms with Crippen molar-refractivity contribution in [3.8, 4) is 61.5 Å². The molecule has 10 rings (SSSR count). The standard InChI is InChI=1S/C49H35N3/c1-49(2)44-28-35(32-13-15-34(16-14-32)46-26-21-38(31-51-46)37-8-7-27-50-30-37)19-24-40(44)41-25-20-36(29-45(41)49)33-17-22-39(23-18-33)52-47-11-5-3-9-42(47)43-10-4-6-12-48(43)52/h3-31H,1-2H3. The maximum absolute atomic E-state index is 4.75. The minimum atomic E-state index is -0.126. The smallest absolute Gasteiger partial charge is 0.0702 e. The average molecular weight is 666 g/mol. The Balaban J connectivity index is 0.929. The van der Waals surface area contributed by atoms with Gasteiger partial charge in [-0.25, -0.2) is 0 Å². The van der Waals surface area contributed by atoms with Crippen LogP contribution in [0.15, 0.2) is 176 Å². The Labute approximate surface area is 303 Å². The van der Waals surface area contributed by atoms with Crippen LogP contribution in [0.4, 0.5) is 0 Å². The summed E-state index contributed by atoms with van der Waals surface area (Å²) < 4.78 is 2.38. The summed E-state index contributed by atoms with van der Waals surface area (Å²) in [7, 11) is 0. The zero-order valence-electron chi connectivity index (χ0n) is 29.1. The van der Waals surface area contributed by atoms with Crippen molar-refractivity contribution >= 4 is 21.8 Å². The van der Waals surface area contributed by atoms with Gasteiger partial charge in [-0.2, -0.15) is 0 Å². The lowest BCUT2D eigenvalue weighted by Crippen LogP contribution is -2.15. The topological polar surface area (TPSA) is 30.7 Å². The second-order valence-electron chi connectivity index (χ2n) is 14.3. The molecule has 0 spiro atoms. The average Bonchev–Trinajstić information content (AvgIpc) is 3.66. The van der Waals surface area contributed by atoms with E-state index in [1.54, 1.807) is 6.20 Å². The summed E-state index contributed by atoms with van der Waals surface area (Å²) in [6.45, 7) is 4.72. The molecule has 0 saturated carbocycles. The summed E-state index contributed by atoms with van der Waals surface area (Å²) in [5.41, 5.74) is 18.0. The predicted molar refractivity (Wildman–Crippen MR) is 216 cm³/mol. The molecule has 0 radical (unpaired) electrons. The van der Waals surface area contributed by atoms with Crippen LogP contribution in [0.1, 0.15) is 25.0 Å². The van der Waals surface area contributed by atoms with E-state index < -0.39 is 0 Å². The maximum atomic E-state index is 4.75. The maximum Gasteiger partial charge on any atom is 0.0702 e. The van der Waals surface area contributed by atoms with Gasteiger partial charge in [-0.15, -0.1) is 0 Å². The van der Waals surface area contributed by atoms with E-state index in [1.165, 1.54) is 72.0 Å². The van der Waals surface area contributed by atoms with Crippen LogP contribution >= 0.6 is 0 Å². The number of benzene rings is 6. The highest BCUT2D eigenvalue weighted by atomic mass is 15.0. The van der Waals surface area contributed by atoms with Crippen molar-refractivity contribution in [2.24, 2.45) is 0 Å². The predicted octanol–water partition coefficient (Wildman–Crippen LogP) is 12.5. The lowest BCUT2D eigenvalue weighted by Gasteiger charge is -2.22. The number of hydrogen-bond donors (Lipinski definition) is 0. The second-order valence-corrected chi connectivity index (χ2v) is 14.3. The summed E-state index contributed by atoms with van der Waals surface area (Å²) in [5, 5.41) is 2.56. The van der Waals surface area contributed by atoms with Crippen molar-refractivity contribution in [1.29, 1.82) is 0 Å². The van der Waals surface area contributed by atoms with Gasteiger partial charge in [0, 0.05) is 57.2 Å². The van der Waals surface area contributed by atoms with Gasteiger partial charge in [-0.1, -0.05) is 123 Å². The van der Waals surface area contributed by atoms with Crippen molar-refractivity contribution in [2.45, 2.75) is 19.3 Å². The molecule has 3 heteroatoms. The highest BCUT2D eigenvalue weighted by Crippen LogP contribution is 2.50. The van der Waals surface area contributed by atoms with Crippen LogP contribution in [0.3, 0.4) is 0 Å². The van der Waals surface area contributed by atoms with Crippen molar-refractivity contribution in [3.63, 3.8) is 0 Å². The first-order chi connectivity index (χ1) is 25.5. The van der Waals surface area contributed by atoms with Gasteiger partial charge in [-0.3, -0.25) is 9.97 Å². The molecule has 6 aromatic carbocycles. The highest BCUT2D eigenvalue weighted by molar-refractivity contribution is 6.09. The normalized spacial score (nSPS) is 13.0.